The van der Waals surface area contributed by atoms with E-state index in [1.165, 1.54) is 5.56 Å². The van der Waals surface area contributed by atoms with Gasteiger partial charge in [-0.05, 0) is 49.5 Å². The molecule has 1 fully saturated rings. The number of amides is 1. The van der Waals surface area contributed by atoms with E-state index in [0.717, 1.165) is 43.6 Å². The highest BCUT2D eigenvalue weighted by atomic mass is 16.6. The van der Waals surface area contributed by atoms with Crippen LogP contribution in [0.5, 0.6) is 0 Å². The number of carbonyl (C=O) groups is 1. The normalized spacial score (nSPS) is 18.4. The van der Waals surface area contributed by atoms with Gasteiger partial charge in [-0.1, -0.05) is 48.5 Å². The summed E-state index contributed by atoms with van der Waals surface area (Å²) in [6.45, 7) is 2.19. The van der Waals surface area contributed by atoms with Gasteiger partial charge in [0.05, 0.1) is 11.2 Å². The zero-order valence-corrected chi connectivity index (χ0v) is 13.7. The van der Waals surface area contributed by atoms with Crippen molar-refractivity contribution in [3.05, 3.63) is 65.7 Å². The van der Waals surface area contributed by atoms with Crippen molar-refractivity contribution in [2.75, 3.05) is 18.0 Å². The first kappa shape index (κ1) is 15.2. The number of hydrogen-bond donors (Lipinski definition) is 1. The monoisotopic (exact) mass is 322 g/mol. The first-order valence-corrected chi connectivity index (χ1v) is 8.58. The molecule has 0 atom stereocenters. The number of nitrogens with one attached hydrogen (secondary N) is 1. The van der Waals surface area contributed by atoms with Crippen LogP contribution in [0, 0.1) is 0 Å². The average Bonchev–Trinajstić information content (AvgIpc) is 2.94. The predicted octanol–water partition coefficient (Wildman–Crippen LogP) is 3.51. The van der Waals surface area contributed by atoms with E-state index in [2.05, 4.69) is 11.4 Å². The fraction of sp³-hybridized carbons (Fsp3) is 0.350. The molecule has 0 radical (unpaired) electrons. The number of anilines is 1. The van der Waals surface area contributed by atoms with E-state index in [0.29, 0.717) is 6.61 Å². The standard InChI is InChI=1S/C20H22N2O2/c23-19(24-15-16-6-2-1-3-7-16)22-18-9-5-4-8-17(18)14-20(22)10-12-21-13-11-20/h1-9,21H,10-15H2. The first-order chi connectivity index (χ1) is 11.8. The minimum Gasteiger partial charge on any atom is -0.444 e. The van der Waals surface area contributed by atoms with Gasteiger partial charge in [0, 0.05) is 0 Å². The third-order valence-electron chi connectivity index (χ3n) is 5.15. The molecule has 0 aliphatic carbocycles. The lowest BCUT2D eigenvalue weighted by Crippen LogP contribution is -2.55. The lowest BCUT2D eigenvalue weighted by atomic mass is 9.85. The van der Waals surface area contributed by atoms with Crippen molar-refractivity contribution in [3.8, 4) is 0 Å². The summed E-state index contributed by atoms with van der Waals surface area (Å²) in [6.07, 6.45) is 2.61. The summed E-state index contributed by atoms with van der Waals surface area (Å²) in [5.74, 6) is 0. The highest BCUT2D eigenvalue weighted by Gasteiger charge is 2.47. The number of carbonyl (C=O) groups excluding carboxylic acids is 1. The van der Waals surface area contributed by atoms with Gasteiger partial charge in [0.2, 0.25) is 0 Å². The summed E-state index contributed by atoms with van der Waals surface area (Å²) < 4.78 is 5.66. The lowest BCUT2D eigenvalue weighted by molar-refractivity contribution is 0.136. The van der Waals surface area contributed by atoms with Crippen LogP contribution in [0.2, 0.25) is 0 Å². The molecule has 0 bridgehead atoms. The van der Waals surface area contributed by atoms with Gasteiger partial charge in [-0.2, -0.15) is 0 Å². The number of piperidine rings is 1. The van der Waals surface area contributed by atoms with E-state index in [9.17, 15) is 4.79 Å². The number of ether oxygens (including phenoxy) is 1. The molecule has 124 valence electrons. The zero-order valence-electron chi connectivity index (χ0n) is 13.7. The summed E-state index contributed by atoms with van der Waals surface area (Å²) in [7, 11) is 0. The smallest absolute Gasteiger partial charge is 0.415 e. The molecule has 1 saturated heterocycles. The molecule has 4 rings (SSSR count). The Morgan fingerprint density at radius 2 is 1.75 bits per heavy atom. The Balaban J connectivity index is 1.58. The quantitative estimate of drug-likeness (QED) is 0.920. The van der Waals surface area contributed by atoms with E-state index >= 15 is 0 Å². The van der Waals surface area contributed by atoms with Gasteiger partial charge in [-0.25, -0.2) is 4.79 Å². The molecule has 24 heavy (non-hydrogen) atoms. The number of para-hydroxylation sites is 1. The topological polar surface area (TPSA) is 41.6 Å². The second kappa shape index (κ2) is 6.29. The molecule has 0 saturated carbocycles. The second-order valence-electron chi connectivity index (χ2n) is 6.66. The van der Waals surface area contributed by atoms with Crippen LogP contribution in [0.1, 0.15) is 24.0 Å². The zero-order chi connectivity index (χ0) is 16.4. The van der Waals surface area contributed by atoms with Gasteiger partial charge < -0.3 is 10.1 Å². The van der Waals surface area contributed by atoms with Gasteiger partial charge in [-0.3, -0.25) is 4.90 Å². The van der Waals surface area contributed by atoms with Crippen LogP contribution in [0.25, 0.3) is 0 Å². The van der Waals surface area contributed by atoms with Crippen molar-refractivity contribution in [1.82, 2.24) is 5.32 Å². The van der Waals surface area contributed by atoms with Crippen molar-refractivity contribution >= 4 is 11.8 Å². The number of fused-ring (bicyclic) bond motifs is 1. The Hall–Kier alpha value is -2.33. The van der Waals surface area contributed by atoms with Gasteiger partial charge in [0.25, 0.3) is 0 Å². The van der Waals surface area contributed by atoms with E-state index in [4.69, 9.17) is 4.74 Å². The Labute approximate surface area is 142 Å². The Morgan fingerprint density at radius 3 is 2.54 bits per heavy atom. The number of hydrogen-bond acceptors (Lipinski definition) is 3. The van der Waals surface area contributed by atoms with E-state index in [1.54, 1.807) is 0 Å². The molecule has 2 heterocycles. The minimum absolute atomic E-state index is 0.136. The van der Waals surface area contributed by atoms with E-state index in [1.807, 2.05) is 53.4 Å². The maximum absolute atomic E-state index is 12.9. The number of benzene rings is 2. The molecule has 2 aliphatic heterocycles. The maximum Gasteiger partial charge on any atom is 0.415 e. The molecule has 1 amide bonds. The maximum atomic E-state index is 12.9. The number of rotatable bonds is 2. The largest absolute Gasteiger partial charge is 0.444 e. The summed E-state index contributed by atoms with van der Waals surface area (Å²) in [5.41, 5.74) is 3.13. The fourth-order valence-electron chi connectivity index (χ4n) is 3.94. The van der Waals surface area contributed by atoms with Gasteiger partial charge >= 0.3 is 6.09 Å². The summed E-state index contributed by atoms with van der Waals surface area (Å²) in [6, 6.07) is 18.1. The lowest BCUT2D eigenvalue weighted by Gasteiger charge is -2.41. The predicted molar refractivity (Wildman–Crippen MR) is 94.1 cm³/mol. The minimum atomic E-state index is -0.231. The second-order valence-corrected chi connectivity index (χ2v) is 6.66. The summed E-state index contributed by atoms with van der Waals surface area (Å²) in [5, 5.41) is 3.40. The van der Waals surface area contributed by atoms with Crippen molar-refractivity contribution in [1.29, 1.82) is 0 Å². The SMILES string of the molecule is O=C(OCc1ccccc1)N1c2ccccc2CC12CCNCC2. The van der Waals surface area contributed by atoms with Crippen molar-refractivity contribution < 1.29 is 9.53 Å². The average molecular weight is 322 g/mol. The highest BCUT2D eigenvalue weighted by Crippen LogP contribution is 2.43. The Morgan fingerprint density at radius 1 is 1.04 bits per heavy atom. The Kier molecular flexibility index (Phi) is 3.98. The number of nitrogens with zero attached hydrogens (tertiary/aromatic N) is 1. The Bertz CT molecular complexity index is 723. The molecule has 4 nitrogen and oxygen atoms in total. The van der Waals surface area contributed by atoms with Crippen LogP contribution in [0.15, 0.2) is 54.6 Å². The third kappa shape index (κ3) is 2.67. The fourth-order valence-corrected chi connectivity index (χ4v) is 3.94. The van der Waals surface area contributed by atoms with Gasteiger partial charge in [-0.15, -0.1) is 0 Å². The molecule has 2 aromatic rings. The molecule has 4 heteroatoms. The molecule has 2 aromatic carbocycles. The summed E-state index contributed by atoms with van der Waals surface area (Å²) in [4.78, 5) is 14.9. The molecule has 1 spiro atoms. The van der Waals surface area contributed by atoms with Crippen LogP contribution >= 0.6 is 0 Å². The van der Waals surface area contributed by atoms with Gasteiger partial charge in [0.15, 0.2) is 0 Å². The molecule has 2 aliphatic rings. The van der Waals surface area contributed by atoms with Crippen LogP contribution < -0.4 is 10.2 Å². The van der Waals surface area contributed by atoms with Gasteiger partial charge in [0.1, 0.15) is 6.61 Å². The third-order valence-corrected chi connectivity index (χ3v) is 5.15. The molecule has 0 unspecified atom stereocenters. The highest BCUT2D eigenvalue weighted by molar-refractivity contribution is 5.92. The molecular weight excluding hydrogens is 300 g/mol. The van der Waals surface area contributed by atoms with E-state index in [-0.39, 0.29) is 11.6 Å². The van der Waals surface area contributed by atoms with Crippen LogP contribution in [0.3, 0.4) is 0 Å². The van der Waals surface area contributed by atoms with Crippen LogP contribution in [-0.2, 0) is 17.8 Å². The molecular formula is C20H22N2O2. The van der Waals surface area contributed by atoms with Crippen molar-refractivity contribution in [2.24, 2.45) is 0 Å². The van der Waals surface area contributed by atoms with Crippen molar-refractivity contribution in [2.45, 2.75) is 31.4 Å². The van der Waals surface area contributed by atoms with Crippen LogP contribution in [-0.4, -0.2) is 24.7 Å². The molecule has 0 aromatic heterocycles. The summed E-state index contributed by atoms with van der Waals surface area (Å²) >= 11 is 0. The van der Waals surface area contributed by atoms with Crippen molar-refractivity contribution in [3.63, 3.8) is 0 Å². The molecule has 1 N–H and O–H groups in total. The first-order valence-electron chi connectivity index (χ1n) is 8.58. The van der Waals surface area contributed by atoms with Crippen LogP contribution in [0.4, 0.5) is 10.5 Å². The van der Waals surface area contributed by atoms with E-state index < -0.39 is 0 Å².